The fraction of sp³-hybridized carbons (Fsp3) is 0.500. The number of ether oxygens (including phenoxy) is 1. The van der Waals surface area contributed by atoms with Crippen molar-refractivity contribution in [1.29, 1.82) is 0 Å². The maximum Gasteiger partial charge on any atom is 0.326 e. The van der Waals surface area contributed by atoms with Crippen LogP contribution < -0.4 is 10.1 Å². The van der Waals surface area contributed by atoms with Gasteiger partial charge < -0.3 is 15.2 Å². The molecule has 0 unspecified atom stereocenters. The van der Waals surface area contributed by atoms with Crippen molar-refractivity contribution in [3.8, 4) is 5.75 Å². The summed E-state index contributed by atoms with van der Waals surface area (Å²) < 4.78 is 5.45. The van der Waals surface area contributed by atoms with Gasteiger partial charge in [0.15, 0.2) is 0 Å². The summed E-state index contributed by atoms with van der Waals surface area (Å²) in [7, 11) is 0. The second-order valence-electron chi connectivity index (χ2n) is 5.50. The van der Waals surface area contributed by atoms with E-state index in [9.17, 15) is 9.59 Å². The van der Waals surface area contributed by atoms with Gasteiger partial charge in [-0.3, -0.25) is 4.79 Å². The van der Waals surface area contributed by atoms with Crippen molar-refractivity contribution in [2.45, 2.75) is 39.7 Å². The number of carboxylic acid groups (broad SMARTS) is 1. The predicted molar refractivity (Wildman–Crippen MR) is 80.3 cm³/mol. The van der Waals surface area contributed by atoms with Crippen molar-refractivity contribution in [2.24, 2.45) is 5.92 Å². The van der Waals surface area contributed by atoms with Crippen LogP contribution in [-0.2, 0) is 9.59 Å². The highest BCUT2D eigenvalue weighted by Crippen LogP contribution is 2.11. The number of carbonyl (C=O) groups excluding carboxylic acids is 1. The number of hydrogen-bond donors (Lipinski definition) is 2. The fourth-order valence-electron chi connectivity index (χ4n) is 1.86. The van der Waals surface area contributed by atoms with Crippen LogP contribution in [-0.4, -0.2) is 29.6 Å². The summed E-state index contributed by atoms with van der Waals surface area (Å²) in [5.41, 5.74) is 1.14. The molecule has 0 heterocycles. The molecule has 0 aliphatic heterocycles. The SMILES string of the molecule is Cc1ccc(OCCC(=O)N[C@H](CC(C)C)C(=O)O)cc1. The number of amides is 1. The van der Waals surface area contributed by atoms with Crippen LogP contribution in [0.5, 0.6) is 5.75 Å². The first-order valence-electron chi connectivity index (χ1n) is 7.10. The van der Waals surface area contributed by atoms with E-state index in [-0.39, 0.29) is 24.9 Å². The smallest absolute Gasteiger partial charge is 0.326 e. The van der Waals surface area contributed by atoms with Crippen LogP contribution in [0.2, 0.25) is 0 Å². The predicted octanol–water partition coefficient (Wildman–Crippen LogP) is 2.38. The largest absolute Gasteiger partial charge is 0.493 e. The Labute approximate surface area is 125 Å². The Morgan fingerprint density at radius 2 is 1.86 bits per heavy atom. The van der Waals surface area contributed by atoms with Gasteiger partial charge in [-0.25, -0.2) is 4.79 Å². The lowest BCUT2D eigenvalue weighted by molar-refractivity contribution is -0.142. The molecular weight excluding hydrogens is 270 g/mol. The second-order valence-corrected chi connectivity index (χ2v) is 5.50. The molecule has 1 aromatic rings. The van der Waals surface area contributed by atoms with Crippen LogP contribution >= 0.6 is 0 Å². The maximum atomic E-state index is 11.7. The van der Waals surface area contributed by atoms with Gasteiger partial charge in [-0.2, -0.15) is 0 Å². The lowest BCUT2D eigenvalue weighted by Crippen LogP contribution is -2.42. The molecule has 0 aromatic heterocycles. The van der Waals surface area contributed by atoms with E-state index >= 15 is 0 Å². The van der Waals surface area contributed by atoms with E-state index in [0.717, 1.165) is 5.56 Å². The Bertz CT molecular complexity index is 468. The molecule has 0 radical (unpaired) electrons. The third-order valence-electron chi connectivity index (χ3n) is 2.96. The molecule has 116 valence electrons. The zero-order valence-electron chi connectivity index (χ0n) is 12.8. The van der Waals surface area contributed by atoms with Crippen molar-refractivity contribution in [2.75, 3.05) is 6.61 Å². The topological polar surface area (TPSA) is 75.6 Å². The van der Waals surface area contributed by atoms with E-state index in [1.807, 2.05) is 45.0 Å². The molecule has 5 nitrogen and oxygen atoms in total. The molecule has 1 atom stereocenters. The number of carboxylic acids is 1. The zero-order valence-corrected chi connectivity index (χ0v) is 12.8. The van der Waals surface area contributed by atoms with Crippen molar-refractivity contribution in [1.82, 2.24) is 5.32 Å². The zero-order chi connectivity index (χ0) is 15.8. The Balaban J connectivity index is 2.35. The molecule has 0 saturated heterocycles. The summed E-state index contributed by atoms with van der Waals surface area (Å²) in [6.45, 7) is 6.05. The fourth-order valence-corrected chi connectivity index (χ4v) is 1.86. The first-order chi connectivity index (χ1) is 9.88. The molecule has 0 saturated carbocycles. The van der Waals surface area contributed by atoms with E-state index in [2.05, 4.69) is 5.32 Å². The summed E-state index contributed by atoms with van der Waals surface area (Å²) >= 11 is 0. The minimum Gasteiger partial charge on any atom is -0.493 e. The van der Waals surface area contributed by atoms with E-state index < -0.39 is 12.0 Å². The third kappa shape index (κ3) is 6.79. The summed E-state index contributed by atoms with van der Waals surface area (Å²) in [5.74, 6) is -0.410. The number of nitrogens with one attached hydrogen (secondary N) is 1. The van der Waals surface area contributed by atoms with Crippen molar-refractivity contribution >= 4 is 11.9 Å². The highest BCUT2D eigenvalue weighted by atomic mass is 16.5. The molecule has 0 fully saturated rings. The van der Waals surface area contributed by atoms with E-state index in [1.54, 1.807) is 0 Å². The van der Waals surface area contributed by atoms with Gasteiger partial charge in [-0.1, -0.05) is 31.5 Å². The van der Waals surface area contributed by atoms with E-state index in [1.165, 1.54) is 0 Å². The normalized spacial score (nSPS) is 12.0. The second kappa shape index (κ2) is 8.29. The van der Waals surface area contributed by atoms with Crippen LogP contribution in [0, 0.1) is 12.8 Å². The van der Waals surface area contributed by atoms with Crippen LogP contribution in [0.15, 0.2) is 24.3 Å². The summed E-state index contributed by atoms with van der Waals surface area (Å²) in [6, 6.07) is 6.70. The molecule has 5 heteroatoms. The standard InChI is InChI=1S/C16H23NO4/c1-11(2)10-14(16(19)20)17-15(18)8-9-21-13-6-4-12(3)5-7-13/h4-7,11,14H,8-10H2,1-3H3,(H,17,18)(H,19,20)/t14-/m1/s1. The van der Waals surface area contributed by atoms with Gasteiger partial charge in [0.2, 0.25) is 5.91 Å². The number of hydrogen-bond acceptors (Lipinski definition) is 3. The van der Waals surface area contributed by atoms with Gasteiger partial charge in [0, 0.05) is 0 Å². The quantitative estimate of drug-likeness (QED) is 0.771. The van der Waals surface area contributed by atoms with Crippen molar-refractivity contribution in [3.63, 3.8) is 0 Å². The number of aliphatic carboxylic acids is 1. The Hall–Kier alpha value is -2.04. The Morgan fingerprint density at radius 1 is 1.24 bits per heavy atom. The minimum atomic E-state index is -1.00. The van der Waals surface area contributed by atoms with E-state index in [4.69, 9.17) is 9.84 Å². The molecule has 0 aliphatic carbocycles. The first-order valence-corrected chi connectivity index (χ1v) is 7.10. The lowest BCUT2D eigenvalue weighted by Gasteiger charge is -2.16. The molecule has 1 amide bonds. The van der Waals surface area contributed by atoms with Crippen LogP contribution in [0.4, 0.5) is 0 Å². The molecule has 1 rings (SSSR count). The summed E-state index contributed by atoms with van der Waals surface area (Å²) in [5, 5.41) is 11.6. The maximum absolute atomic E-state index is 11.7. The monoisotopic (exact) mass is 293 g/mol. The van der Waals surface area contributed by atoms with Gasteiger partial charge in [0.05, 0.1) is 13.0 Å². The Morgan fingerprint density at radius 3 is 2.38 bits per heavy atom. The molecular formula is C16H23NO4. The Kier molecular flexibility index (Phi) is 6.72. The van der Waals surface area contributed by atoms with Crippen molar-refractivity contribution in [3.05, 3.63) is 29.8 Å². The van der Waals surface area contributed by atoms with Gasteiger partial charge in [-0.15, -0.1) is 0 Å². The van der Waals surface area contributed by atoms with E-state index in [0.29, 0.717) is 12.2 Å². The van der Waals surface area contributed by atoms with Crippen LogP contribution in [0.1, 0.15) is 32.3 Å². The average Bonchev–Trinajstić information content (AvgIpc) is 2.39. The van der Waals surface area contributed by atoms with Crippen LogP contribution in [0.3, 0.4) is 0 Å². The first kappa shape index (κ1) is 17.0. The van der Waals surface area contributed by atoms with Gasteiger partial charge in [-0.05, 0) is 31.4 Å². The van der Waals surface area contributed by atoms with Gasteiger partial charge >= 0.3 is 5.97 Å². The summed E-state index contributed by atoms with van der Waals surface area (Å²) in [6.07, 6.45) is 0.551. The number of carbonyl (C=O) groups is 2. The number of aryl methyl sites for hydroxylation is 1. The number of benzene rings is 1. The molecule has 0 aliphatic rings. The van der Waals surface area contributed by atoms with Crippen LogP contribution in [0.25, 0.3) is 0 Å². The molecule has 0 bridgehead atoms. The molecule has 0 spiro atoms. The highest BCUT2D eigenvalue weighted by Gasteiger charge is 2.20. The lowest BCUT2D eigenvalue weighted by atomic mass is 10.0. The van der Waals surface area contributed by atoms with Gasteiger partial charge in [0.1, 0.15) is 11.8 Å². The summed E-state index contributed by atoms with van der Waals surface area (Å²) in [4.78, 5) is 22.8. The van der Waals surface area contributed by atoms with Gasteiger partial charge in [0.25, 0.3) is 0 Å². The highest BCUT2D eigenvalue weighted by molar-refractivity contribution is 5.83. The molecule has 21 heavy (non-hydrogen) atoms. The third-order valence-corrected chi connectivity index (χ3v) is 2.96. The van der Waals surface area contributed by atoms with Crippen molar-refractivity contribution < 1.29 is 19.4 Å². The number of rotatable bonds is 8. The minimum absolute atomic E-state index is 0.135. The molecule has 2 N–H and O–H groups in total. The molecule has 1 aromatic carbocycles. The average molecular weight is 293 g/mol.